The van der Waals surface area contributed by atoms with Crippen LogP contribution in [-0.4, -0.2) is 37.1 Å². The van der Waals surface area contributed by atoms with Crippen molar-refractivity contribution in [3.8, 4) is 0 Å². The molecule has 4 nitrogen and oxygen atoms in total. The lowest BCUT2D eigenvalue weighted by Crippen LogP contribution is -2.38. The number of aliphatic hydroxyl groups is 1. The largest absolute Gasteiger partial charge is 0.402 e. The number of benzene rings is 1. The lowest BCUT2D eigenvalue weighted by Gasteiger charge is -2.22. The Morgan fingerprint density at radius 1 is 1.35 bits per heavy atom. The van der Waals surface area contributed by atoms with Gasteiger partial charge in [-0.2, -0.15) is 17.5 Å². The SMILES string of the molecule is CCN(CC(F)(F)F)S(=O)(=O)c1cc(CO)ccc1Cl. The van der Waals surface area contributed by atoms with Crippen LogP contribution in [0.15, 0.2) is 23.1 Å². The van der Waals surface area contributed by atoms with Crippen molar-refractivity contribution in [3.05, 3.63) is 28.8 Å². The minimum atomic E-state index is -4.65. The first kappa shape index (κ1) is 17.2. The summed E-state index contributed by atoms with van der Waals surface area (Å²) in [5, 5.41) is 8.78. The van der Waals surface area contributed by atoms with Crippen LogP contribution in [0.4, 0.5) is 13.2 Å². The molecule has 0 fully saturated rings. The maximum absolute atomic E-state index is 12.4. The van der Waals surface area contributed by atoms with E-state index in [1.807, 2.05) is 0 Å². The van der Waals surface area contributed by atoms with Gasteiger partial charge in [-0.05, 0) is 17.7 Å². The van der Waals surface area contributed by atoms with Crippen LogP contribution in [0.25, 0.3) is 0 Å². The fourth-order valence-electron chi connectivity index (χ4n) is 1.55. The number of alkyl halides is 3. The van der Waals surface area contributed by atoms with Gasteiger partial charge in [0.05, 0.1) is 11.6 Å². The topological polar surface area (TPSA) is 57.6 Å². The van der Waals surface area contributed by atoms with E-state index in [4.69, 9.17) is 16.7 Å². The molecule has 0 saturated heterocycles. The first-order valence-corrected chi connectivity index (χ1v) is 7.39. The number of rotatable bonds is 5. The van der Waals surface area contributed by atoms with E-state index < -0.39 is 34.2 Å². The van der Waals surface area contributed by atoms with Crippen LogP contribution in [0, 0.1) is 0 Å². The van der Waals surface area contributed by atoms with E-state index in [0.29, 0.717) is 0 Å². The lowest BCUT2D eigenvalue weighted by molar-refractivity contribution is -0.135. The van der Waals surface area contributed by atoms with Crippen molar-refractivity contribution < 1.29 is 26.7 Å². The highest BCUT2D eigenvalue weighted by molar-refractivity contribution is 7.89. The maximum Gasteiger partial charge on any atom is 0.402 e. The molecule has 1 N–H and O–H groups in total. The first-order valence-electron chi connectivity index (χ1n) is 5.58. The molecule has 20 heavy (non-hydrogen) atoms. The molecule has 0 aromatic heterocycles. The van der Waals surface area contributed by atoms with Gasteiger partial charge < -0.3 is 5.11 Å². The van der Waals surface area contributed by atoms with Crippen molar-refractivity contribution in [2.75, 3.05) is 13.1 Å². The third-order valence-corrected chi connectivity index (χ3v) is 4.91. The molecule has 0 aliphatic rings. The van der Waals surface area contributed by atoms with Crippen molar-refractivity contribution >= 4 is 21.6 Å². The van der Waals surface area contributed by atoms with Crippen molar-refractivity contribution in [2.45, 2.75) is 24.6 Å². The molecule has 0 radical (unpaired) electrons. The highest BCUT2D eigenvalue weighted by Crippen LogP contribution is 2.28. The minimum absolute atomic E-state index is 0.192. The van der Waals surface area contributed by atoms with Gasteiger partial charge in [-0.15, -0.1) is 0 Å². The predicted octanol–water partition coefficient (Wildman–Crippen LogP) is 2.41. The Morgan fingerprint density at radius 2 is 1.95 bits per heavy atom. The number of hydrogen-bond acceptors (Lipinski definition) is 3. The summed E-state index contributed by atoms with van der Waals surface area (Å²) in [4.78, 5) is -0.447. The lowest BCUT2D eigenvalue weighted by atomic mass is 10.2. The van der Waals surface area contributed by atoms with Crippen LogP contribution < -0.4 is 0 Å². The fourth-order valence-corrected chi connectivity index (χ4v) is 3.51. The Balaban J connectivity index is 3.27. The van der Waals surface area contributed by atoms with E-state index in [2.05, 4.69) is 0 Å². The monoisotopic (exact) mass is 331 g/mol. The molecule has 0 aliphatic carbocycles. The third-order valence-electron chi connectivity index (χ3n) is 2.50. The molecule has 0 saturated carbocycles. The van der Waals surface area contributed by atoms with Crippen LogP contribution in [0.1, 0.15) is 12.5 Å². The second-order valence-electron chi connectivity index (χ2n) is 3.97. The van der Waals surface area contributed by atoms with Gasteiger partial charge >= 0.3 is 6.18 Å². The summed E-state index contributed by atoms with van der Waals surface area (Å²) in [5.74, 6) is 0. The van der Waals surface area contributed by atoms with E-state index in [9.17, 15) is 21.6 Å². The molecular weight excluding hydrogens is 319 g/mol. The van der Waals surface area contributed by atoms with Gasteiger partial charge in [-0.3, -0.25) is 0 Å². The Hall–Kier alpha value is -0.830. The van der Waals surface area contributed by atoms with E-state index >= 15 is 0 Å². The molecule has 0 unspecified atom stereocenters. The zero-order valence-electron chi connectivity index (χ0n) is 10.5. The second-order valence-corrected chi connectivity index (χ2v) is 6.28. The third kappa shape index (κ3) is 4.08. The summed E-state index contributed by atoms with van der Waals surface area (Å²) in [6, 6.07) is 3.68. The standard InChI is InChI=1S/C11H13ClF3NO3S/c1-2-16(7-11(13,14)15)20(18,19)10-5-8(6-17)3-4-9(10)12/h3-5,17H,2,6-7H2,1H3. The summed E-state index contributed by atoms with van der Waals surface area (Å²) >= 11 is 5.74. The number of sulfonamides is 1. The van der Waals surface area contributed by atoms with Crippen LogP contribution in [0.5, 0.6) is 0 Å². The smallest absolute Gasteiger partial charge is 0.392 e. The maximum atomic E-state index is 12.4. The van der Waals surface area contributed by atoms with Gasteiger partial charge in [0, 0.05) is 6.54 Å². The van der Waals surface area contributed by atoms with Crippen LogP contribution >= 0.6 is 11.6 Å². The van der Waals surface area contributed by atoms with Gasteiger partial charge in [0.15, 0.2) is 0 Å². The van der Waals surface area contributed by atoms with E-state index in [0.717, 1.165) is 6.07 Å². The fraction of sp³-hybridized carbons (Fsp3) is 0.455. The number of hydrogen-bond donors (Lipinski definition) is 1. The minimum Gasteiger partial charge on any atom is -0.392 e. The molecular formula is C11H13ClF3NO3S. The van der Waals surface area contributed by atoms with Gasteiger partial charge in [0.2, 0.25) is 10.0 Å². The average molecular weight is 332 g/mol. The van der Waals surface area contributed by atoms with Crippen molar-refractivity contribution in [1.82, 2.24) is 4.31 Å². The van der Waals surface area contributed by atoms with Gasteiger partial charge in [0.25, 0.3) is 0 Å². The average Bonchev–Trinajstić information content (AvgIpc) is 2.35. The van der Waals surface area contributed by atoms with Gasteiger partial charge in [0.1, 0.15) is 11.4 Å². The van der Waals surface area contributed by atoms with E-state index in [-0.39, 0.29) is 21.4 Å². The highest BCUT2D eigenvalue weighted by atomic mass is 35.5. The van der Waals surface area contributed by atoms with Crippen molar-refractivity contribution in [3.63, 3.8) is 0 Å². The second kappa shape index (κ2) is 6.30. The molecule has 0 heterocycles. The molecule has 1 aromatic rings. The molecule has 9 heteroatoms. The van der Waals surface area contributed by atoms with Gasteiger partial charge in [-0.1, -0.05) is 24.6 Å². The van der Waals surface area contributed by atoms with E-state index in [1.54, 1.807) is 0 Å². The quantitative estimate of drug-likeness (QED) is 0.901. The molecule has 114 valence electrons. The first-order chi connectivity index (χ1) is 9.11. The zero-order valence-corrected chi connectivity index (χ0v) is 12.1. The molecule has 0 amide bonds. The zero-order chi connectivity index (χ0) is 15.6. The van der Waals surface area contributed by atoms with Crippen molar-refractivity contribution in [1.29, 1.82) is 0 Å². The van der Waals surface area contributed by atoms with Crippen LogP contribution in [0.3, 0.4) is 0 Å². The summed E-state index contributed by atoms with van der Waals surface area (Å²) in [5.41, 5.74) is 0.246. The molecule has 0 bridgehead atoms. The summed E-state index contributed by atoms with van der Waals surface area (Å²) < 4.78 is 61.9. The van der Waals surface area contributed by atoms with Crippen LogP contribution in [0.2, 0.25) is 5.02 Å². The number of nitrogens with zero attached hydrogens (tertiary/aromatic N) is 1. The summed E-state index contributed by atoms with van der Waals surface area (Å²) in [6.45, 7) is -1.08. The number of aliphatic hydroxyl groups excluding tert-OH is 1. The Bertz CT molecular complexity index is 575. The van der Waals surface area contributed by atoms with Crippen LogP contribution in [-0.2, 0) is 16.6 Å². The van der Waals surface area contributed by atoms with Gasteiger partial charge in [-0.25, -0.2) is 8.42 Å². The Morgan fingerprint density at radius 3 is 2.40 bits per heavy atom. The van der Waals surface area contributed by atoms with E-state index in [1.165, 1.54) is 19.1 Å². The normalized spacial score (nSPS) is 12.9. The Kier molecular flexibility index (Phi) is 5.42. The Labute approximate surface area is 119 Å². The summed E-state index contributed by atoms with van der Waals surface area (Å²) in [6.07, 6.45) is -4.65. The van der Waals surface area contributed by atoms with Crippen molar-refractivity contribution in [2.24, 2.45) is 0 Å². The molecule has 0 aliphatic heterocycles. The summed E-state index contributed by atoms with van der Waals surface area (Å²) in [7, 11) is -4.38. The molecule has 0 atom stereocenters. The molecule has 1 aromatic carbocycles. The molecule has 1 rings (SSSR count). The molecule has 0 spiro atoms. The predicted molar refractivity (Wildman–Crippen MR) is 67.9 cm³/mol. The number of halogens is 4. The highest BCUT2D eigenvalue weighted by Gasteiger charge is 2.37.